The molecule has 0 spiro atoms. The van der Waals surface area contributed by atoms with Gasteiger partial charge in [-0.1, -0.05) is 102 Å². The average Bonchev–Trinajstić information content (AvgIpc) is 2.77. The van der Waals surface area contributed by atoms with Gasteiger partial charge in [0.05, 0.1) is 0 Å². The zero-order valence-electron chi connectivity index (χ0n) is 46.9. The Balaban J connectivity index is 0.0000116. The molecule has 12 bridgehead atoms. The van der Waals surface area contributed by atoms with Crippen molar-refractivity contribution in [1.82, 2.24) is 61.7 Å². The van der Waals surface area contributed by atoms with Gasteiger partial charge < -0.3 is 67.7 Å². The number of carbonyl (C=O) groups excluding carboxylic acids is 8. The maximum atomic E-state index is 14.6. The van der Waals surface area contributed by atoms with Crippen molar-refractivity contribution in [2.24, 2.45) is 0 Å². The van der Waals surface area contributed by atoms with Crippen molar-refractivity contribution in [3.8, 4) is 23.0 Å². The second-order valence-electron chi connectivity index (χ2n) is 20.4. The van der Waals surface area contributed by atoms with E-state index in [9.17, 15) is 68.7 Å². The zero-order chi connectivity index (χ0) is 60.1. The second kappa shape index (κ2) is 33.2. The molecule has 8 N–H and O–H groups in total. The molecule has 2 unspecified atom stereocenters. The molecule has 456 valence electrons. The van der Waals surface area contributed by atoms with E-state index in [0.717, 1.165) is 0 Å². The van der Waals surface area contributed by atoms with Crippen LogP contribution in [0.5, 0.6) is 23.0 Å². The van der Waals surface area contributed by atoms with Crippen LogP contribution in [0.2, 0.25) is 0 Å². The molecule has 4 aliphatic rings. The minimum absolute atomic E-state index is 0. The molecule has 8 amide bonds. The smallest absolute Gasteiger partial charge is 0.871 e. The van der Waals surface area contributed by atoms with Gasteiger partial charge in [-0.15, -0.1) is 0 Å². The molecule has 8 rings (SSSR count). The predicted octanol–water partition coefficient (Wildman–Crippen LogP) is -2.47. The Morgan fingerprint density at radius 1 is 0.353 bits per heavy atom. The summed E-state index contributed by atoms with van der Waals surface area (Å²) in [6.45, 7) is 1.28. The third-order valence-electron chi connectivity index (χ3n) is 14.8. The Bertz CT molecular complexity index is 2970. The van der Waals surface area contributed by atoms with E-state index >= 15 is 0 Å². The molecule has 0 fully saturated rings. The maximum Gasteiger partial charge on any atom is 3.00 e. The summed E-state index contributed by atoms with van der Waals surface area (Å²) in [5.41, 5.74) is -2.26. The van der Waals surface area contributed by atoms with Crippen LogP contribution < -0.4 is 57.6 Å². The maximum absolute atomic E-state index is 14.6. The molecule has 2 atom stereocenters. The van der Waals surface area contributed by atoms with E-state index in [4.69, 9.17) is 0 Å². The monoisotopic (exact) mass is 1320 g/mol. The summed E-state index contributed by atoms with van der Waals surface area (Å²) in [6.07, 6.45) is 1.000. The number of aliphatic carboxylic acids is 1. The van der Waals surface area contributed by atoms with Gasteiger partial charge in [0.15, 0.2) is 0 Å². The van der Waals surface area contributed by atoms with Crippen LogP contribution in [-0.4, -0.2) is 220 Å². The number of amides is 8. The third kappa shape index (κ3) is 19.0. The van der Waals surface area contributed by atoms with Gasteiger partial charge in [0.1, 0.15) is 0 Å². The summed E-state index contributed by atoms with van der Waals surface area (Å²) >= 11 is 0. The van der Waals surface area contributed by atoms with Crippen LogP contribution in [0.1, 0.15) is 109 Å². The number of nitrogens with zero attached hydrogens (tertiary/aromatic N) is 5. The molecule has 0 saturated heterocycles. The average molecular weight is 1320 g/mol. The van der Waals surface area contributed by atoms with Gasteiger partial charge in [-0.3, -0.25) is 62.8 Å². The summed E-state index contributed by atoms with van der Waals surface area (Å²) in [4.78, 5) is 131. The Kier molecular flexibility index (Phi) is 26.0. The standard InChI is InChI=1S/C58H74N12O14.Tb/c71-46(72)16-2-1-3-24-70-37-36-69-31-23-65-56(82)43-13-6-12-42(49(43)75)53(79)61-19-27-67(28-22-64-57(83)44-14-7-15-45(50(44)76)58(70)84)33-32-66-25-17-59-51(77)38-8-4-10-40(47(38)73)54(80)62-20-29-68(34-35-69)30-21-63-55(81)41-11-5-9-39(48(41)74)52(78)60-18-26-66;/h4-15,73-76H,1-3,16-37H2,(H,59,77)(H,60,78)(H,61,79)(H,62,80)(H,63,81)(H,64,83)(H,65,82)(H,71,72);/q;+3/p-4. The number of unbranched alkanes of at least 4 members (excludes halogenated alkanes) is 2. The number of carbonyl (C=O) groups is 9. The van der Waals surface area contributed by atoms with E-state index in [1.54, 1.807) is 0 Å². The minimum atomic E-state index is -0.983. The first kappa shape index (κ1) is 66.6. The summed E-state index contributed by atoms with van der Waals surface area (Å²) < 4.78 is 0. The van der Waals surface area contributed by atoms with Gasteiger partial charge in [0.25, 0.3) is 47.3 Å². The van der Waals surface area contributed by atoms with Gasteiger partial charge >= 0.3 is 44.6 Å². The molecule has 4 aromatic rings. The first-order chi connectivity index (χ1) is 40.5. The Morgan fingerprint density at radius 2 is 0.588 bits per heavy atom. The topological polar surface area (TPSA) is 367 Å². The number of carboxylic acid groups (broad SMARTS) is 1. The quantitative estimate of drug-likeness (QED) is 0.0927. The van der Waals surface area contributed by atoms with Crippen molar-refractivity contribution in [3.63, 3.8) is 0 Å². The van der Waals surface area contributed by atoms with Crippen molar-refractivity contribution < 1.29 is 107 Å². The van der Waals surface area contributed by atoms with Crippen LogP contribution >= 0.6 is 0 Å². The van der Waals surface area contributed by atoms with Gasteiger partial charge in [-0.05, 0) is 12.8 Å². The number of nitrogens with one attached hydrogen (secondary N) is 7. The van der Waals surface area contributed by atoms with Gasteiger partial charge in [-0.2, -0.15) is 0 Å². The summed E-state index contributed by atoms with van der Waals surface area (Å²) in [5.74, 6) is -10.1. The van der Waals surface area contributed by atoms with Crippen molar-refractivity contribution in [3.05, 3.63) is 117 Å². The van der Waals surface area contributed by atoms with Crippen LogP contribution in [0.25, 0.3) is 0 Å². The fourth-order valence-electron chi connectivity index (χ4n) is 9.94. The SMILES string of the molecule is O=C(O)CCCCCN1CCN2CCNC(=O)c3cccc(c3[O-])C(=O)NCCN(CCNC(=O)c3cccc(c3[O-])C1=O)CCN1CCNC(=O)c3cccc(c3[O-])C(=O)NCCN(CCNC(=O)c3cccc(c3[O-])C(=O)NCC1)CC2.[Tb+3]. The van der Waals surface area contributed by atoms with Crippen LogP contribution in [0.4, 0.5) is 0 Å². The molecule has 27 heteroatoms. The molecule has 4 aromatic carbocycles. The number of rotatable bonds is 6. The molecule has 85 heavy (non-hydrogen) atoms. The summed E-state index contributed by atoms with van der Waals surface area (Å²) in [7, 11) is 0. The fraction of sp³-hybridized carbons (Fsp3) is 0.431. The molecule has 0 aliphatic carbocycles. The van der Waals surface area contributed by atoms with Crippen molar-refractivity contribution in [1.29, 1.82) is 0 Å². The summed E-state index contributed by atoms with van der Waals surface area (Å²) in [6, 6.07) is 16.2. The minimum Gasteiger partial charge on any atom is -0.871 e. The molecule has 0 saturated carbocycles. The molecular weight excluding hydrogens is 1250 g/mol. The van der Waals surface area contributed by atoms with E-state index in [1.165, 1.54) is 77.7 Å². The molecule has 26 nitrogen and oxygen atoms in total. The first-order valence-corrected chi connectivity index (χ1v) is 28.1. The van der Waals surface area contributed by atoms with Crippen molar-refractivity contribution in [2.75, 3.05) is 137 Å². The van der Waals surface area contributed by atoms with Crippen LogP contribution in [-0.2, 0) is 4.79 Å². The van der Waals surface area contributed by atoms with Gasteiger partial charge in [-0.25, -0.2) is 0 Å². The van der Waals surface area contributed by atoms with E-state index in [2.05, 4.69) is 37.2 Å². The number of carboxylic acids is 1. The molecule has 0 aromatic heterocycles. The number of fused-ring (bicyclic) bond motifs is 16. The second-order valence-corrected chi connectivity index (χ2v) is 20.4. The molecule has 0 radical (unpaired) electrons. The largest absolute Gasteiger partial charge is 3.00 e. The van der Waals surface area contributed by atoms with Crippen LogP contribution in [0.15, 0.2) is 72.8 Å². The van der Waals surface area contributed by atoms with Crippen LogP contribution in [0.3, 0.4) is 0 Å². The number of hydrogen-bond donors (Lipinski definition) is 8. The Hall–Kier alpha value is -7.56. The van der Waals surface area contributed by atoms with E-state index in [-0.39, 0.29) is 227 Å². The van der Waals surface area contributed by atoms with E-state index in [0.29, 0.717) is 19.3 Å². The number of para-hydroxylation sites is 4. The van der Waals surface area contributed by atoms with Gasteiger partial charge in [0.2, 0.25) is 0 Å². The molecular formula is C58H70N12O14Tb-. The zero-order valence-corrected chi connectivity index (χ0v) is 49.1. The third-order valence-corrected chi connectivity index (χ3v) is 14.8. The molecule has 4 aliphatic heterocycles. The first-order valence-electron chi connectivity index (χ1n) is 28.1. The Morgan fingerprint density at radius 3 is 0.859 bits per heavy atom. The van der Waals surface area contributed by atoms with E-state index in [1.807, 2.05) is 19.6 Å². The Labute approximate surface area is 522 Å². The van der Waals surface area contributed by atoms with Crippen LogP contribution in [0, 0.1) is 38.6 Å². The summed E-state index contributed by atoms with van der Waals surface area (Å²) in [5, 5.41) is 84.1. The number of hydrogen-bond acceptors (Lipinski definition) is 17. The van der Waals surface area contributed by atoms with E-state index < -0.39 is 76.2 Å². The van der Waals surface area contributed by atoms with Crippen molar-refractivity contribution in [2.45, 2.75) is 25.7 Å². The predicted molar refractivity (Wildman–Crippen MR) is 298 cm³/mol. The van der Waals surface area contributed by atoms with Gasteiger partial charge in [0, 0.05) is 188 Å². The van der Waals surface area contributed by atoms with Crippen molar-refractivity contribution >= 4 is 53.2 Å². The number of benzene rings is 4. The normalized spacial score (nSPS) is 20.8. The fourth-order valence-corrected chi connectivity index (χ4v) is 9.94. The molecule has 4 heterocycles.